The lowest BCUT2D eigenvalue weighted by Crippen LogP contribution is -2.24. The van der Waals surface area contributed by atoms with Crippen molar-refractivity contribution in [2.24, 2.45) is 5.10 Å². The number of carbonyl (C=O) groups excluding carboxylic acids is 1. The van der Waals surface area contributed by atoms with Crippen LogP contribution in [-0.4, -0.2) is 28.5 Å². The fraction of sp³-hybridized carbons (Fsp3) is 0.0417. The molecule has 1 heterocycles. The molecule has 4 aromatic rings. The number of rotatable bonds is 7. The third-order valence-corrected chi connectivity index (χ3v) is 4.78. The molecule has 8 heteroatoms. The normalized spacial score (nSPS) is 10.9. The third-order valence-electron chi connectivity index (χ3n) is 4.47. The number of ether oxygens (including phenoxy) is 1. The Kier molecular flexibility index (Phi) is 6.57. The van der Waals surface area contributed by atoms with E-state index in [4.69, 9.17) is 16.3 Å². The van der Waals surface area contributed by atoms with Crippen LogP contribution in [0.1, 0.15) is 5.56 Å². The molecule has 0 atom stereocenters. The molecule has 0 saturated carbocycles. The van der Waals surface area contributed by atoms with Crippen LogP contribution in [0.4, 0.5) is 4.39 Å². The van der Waals surface area contributed by atoms with Gasteiger partial charge < -0.3 is 4.74 Å². The second-order valence-electron chi connectivity index (χ2n) is 6.73. The highest BCUT2D eigenvalue weighted by atomic mass is 35.5. The average Bonchev–Trinajstić information content (AvgIpc) is 3.24. The fourth-order valence-corrected chi connectivity index (χ4v) is 3.13. The number of para-hydroxylation sites is 2. The van der Waals surface area contributed by atoms with Crippen molar-refractivity contribution in [1.29, 1.82) is 0 Å². The zero-order valence-electron chi connectivity index (χ0n) is 16.8. The van der Waals surface area contributed by atoms with Crippen LogP contribution in [0, 0.1) is 5.82 Å². The van der Waals surface area contributed by atoms with Crippen LogP contribution in [0.15, 0.2) is 90.2 Å². The molecule has 4 rings (SSSR count). The van der Waals surface area contributed by atoms with Gasteiger partial charge >= 0.3 is 0 Å². The standard InChI is InChI=1S/C24H18ClFN4O2/c25-21-8-4-5-9-22(21)32-16-23(31)28-27-14-18-15-30(20-6-2-1-3-7-20)29-24(18)17-10-12-19(26)13-11-17/h1-15H,16H2,(H,28,31). The average molecular weight is 449 g/mol. The molecular weight excluding hydrogens is 431 g/mol. The number of benzene rings is 3. The van der Waals surface area contributed by atoms with Crippen LogP contribution in [-0.2, 0) is 4.79 Å². The molecule has 0 radical (unpaired) electrons. The van der Waals surface area contributed by atoms with Crippen molar-refractivity contribution in [2.75, 3.05) is 6.61 Å². The molecule has 6 nitrogen and oxygen atoms in total. The highest BCUT2D eigenvalue weighted by Gasteiger charge is 2.12. The molecule has 1 amide bonds. The van der Waals surface area contributed by atoms with Crippen molar-refractivity contribution in [3.05, 3.63) is 101 Å². The van der Waals surface area contributed by atoms with E-state index in [1.807, 2.05) is 30.3 Å². The van der Waals surface area contributed by atoms with Gasteiger partial charge in [-0.15, -0.1) is 0 Å². The van der Waals surface area contributed by atoms with Gasteiger partial charge in [0.2, 0.25) is 0 Å². The fourth-order valence-electron chi connectivity index (χ4n) is 2.94. The van der Waals surface area contributed by atoms with E-state index in [2.05, 4.69) is 15.6 Å². The minimum absolute atomic E-state index is 0.241. The van der Waals surface area contributed by atoms with Gasteiger partial charge in [0.25, 0.3) is 5.91 Å². The molecule has 0 spiro atoms. The van der Waals surface area contributed by atoms with Crippen molar-refractivity contribution in [2.45, 2.75) is 0 Å². The van der Waals surface area contributed by atoms with Gasteiger partial charge in [-0.25, -0.2) is 14.5 Å². The lowest BCUT2D eigenvalue weighted by molar-refractivity contribution is -0.123. The SMILES string of the molecule is O=C(COc1ccccc1Cl)NN=Cc1cn(-c2ccccc2)nc1-c1ccc(F)cc1. The molecule has 1 N–H and O–H groups in total. The molecule has 0 bridgehead atoms. The molecule has 1 aromatic heterocycles. The second kappa shape index (κ2) is 9.89. The van der Waals surface area contributed by atoms with Gasteiger partial charge in [-0.05, 0) is 48.5 Å². The van der Waals surface area contributed by atoms with Gasteiger partial charge in [0.05, 0.1) is 16.9 Å². The number of carbonyl (C=O) groups is 1. The lowest BCUT2D eigenvalue weighted by Gasteiger charge is -2.06. The second-order valence-corrected chi connectivity index (χ2v) is 7.14. The van der Waals surface area contributed by atoms with Crippen molar-refractivity contribution < 1.29 is 13.9 Å². The highest BCUT2D eigenvalue weighted by Crippen LogP contribution is 2.24. The first-order valence-electron chi connectivity index (χ1n) is 9.70. The zero-order chi connectivity index (χ0) is 22.3. The summed E-state index contributed by atoms with van der Waals surface area (Å²) in [5, 5.41) is 9.05. The Labute approximate surface area is 188 Å². The summed E-state index contributed by atoms with van der Waals surface area (Å²) in [5.74, 6) is -0.367. The zero-order valence-corrected chi connectivity index (χ0v) is 17.5. The maximum absolute atomic E-state index is 13.4. The Morgan fingerprint density at radius 3 is 2.53 bits per heavy atom. The van der Waals surface area contributed by atoms with Crippen molar-refractivity contribution >= 4 is 23.7 Å². The molecule has 0 saturated heterocycles. The van der Waals surface area contributed by atoms with Gasteiger partial charge in [0.15, 0.2) is 6.61 Å². The number of amides is 1. The number of nitrogens with zero attached hydrogens (tertiary/aromatic N) is 3. The van der Waals surface area contributed by atoms with Gasteiger partial charge in [-0.1, -0.05) is 41.9 Å². The lowest BCUT2D eigenvalue weighted by atomic mass is 10.1. The van der Waals surface area contributed by atoms with Crippen LogP contribution in [0.25, 0.3) is 16.9 Å². The third kappa shape index (κ3) is 5.19. The topological polar surface area (TPSA) is 68.5 Å². The first-order valence-corrected chi connectivity index (χ1v) is 10.1. The van der Waals surface area contributed by atoms with Crippen LogP contribution < -0.4 is 10.2 Å². The maximum atomic E-state index is 13.4. The van der Waals surface area contributed by atoms with Crippen LogP contribution >= 0.6 is 11.6 Å². The molecule has 0 fully saturated rings. The minimum atomic E-state index is -0.444. The predicted octanol–water partition coefficient (Wildman–Crippen LogP) is 4.86. The Bertz CT molecular complexity index is 1240. The Hall–Kier alpha value is -3.97. The maximum Gasteiger partial charge on any atom is 0.277 e. The Morgan fingerprint density at radius 2 is 1.78 bits per heavy atom. The van der Waals surface area contributed by atoms with E-state index in [1.165, 1.54) is 18.3 Å². The van der Waals surface area contributed by atoms with E-state index in [1.54, 1.807) is 47.3 Å². The van der Waals surface area contributed by atoms with Crippen LogP contribution in [0.2, 0.25) is 5.02 Å². The van der Waals surface area contributed by atoms with Crippen LogP contribution in [0.5, 0.6) is 5.75 Å². The summed E-state index contributed by atoms with van der Waals surface area (Å²) < 4.78 is 20.5. The summed E-state index contributed by atoms with van der Waals surface area (Å²) in [7, 11) is 0. The summed E-state index contributed by atoms with van der Waals surface area (Å²) in [6, 6.07) is 22.4. The first kappa shape index (κ1) is 21.3. The summed E-state index contributed by atoms with van der Waals surface area (Å²) in [6.07, 6.45) is 3.27. The monoisotopic (exact) mass is 448 g/mol. The quantitative estimate of drug-likeness (QED) is 0.324. The van der Waals surface area contributed by atoms with E-state index in [0.29, 0.717) is 22.0 Å². The molecule has 3 aromatic carbocycles. The summed E-state index contributed by atoms with van der Waals surface area (Å²) in [6.45, 7) is -0.241. The van der Waals surface area contributed by atoms with E-state index in [9.17, 15) is 9.18 Å². The van der Waals surface area contributed by atoms with Crippen molar-refractivity contribution in [3.8, 4) is 22.7 Å². The number of hydrogen-bond acceptors (Lipinski definition) is 4. The van der Waals surface area contributed by atoms with E-state index >= 15 is 0 Å². The summed E-state index contributed by atoms with van der Waals surface area (Å²) in [5.41, 5.74) is 5.24. The Morgan fingerprint density at radius 1 is 1.06 bits per heavy atom. The predicted molar refractivity (Wildman–Crippen MR) is 122 cm³/mol. The number of hydrazone groups is 1. The van der Waals surface area contributed by atoms with Crippen molar-refractivity contribution in [1.82, 2.24) is 15.2 Å². The Balaban J connectivity index is 1.50. The van der Waals surface area contributed by atoms with Gasteiger partial charge in [-0.3, -0.25) is 4.79 Å². The molecule has 160 valence electrons. The van der Waals surface area contributed by atoms with Gasteiger partial charge in [0.1, 0.15) is 17.3 Å². The van der Waals surface area contributed by atoms with Gasteiger partial charge in [-0.2, -0.15) is 10.2 Å². The number of hydrogen-bond donors (Lipinski definition) is 1. The van der Waals surface area contributed by atoms with Gasteiger partial charge in [0, 0.05) is 17.3 Å². The number of aromatic nitrogens is 2. The molecule has 0 aliphatic heterocycles. The minimum Gasteiger partial charge on any atom is -0.482 e. The largest absolute Gasteiger partial charge is 0.482 e. The van der Waals surface area contributed by atoms with Crippen molar-refractivity contribution in [3.63, 3.8) is 0 Å². The summed E-state index contributed by atoms with van der Waals surface area (Å²) in [4.78, 5) is 12.1. The molecular formula is C24H18ClFN4O2. The number of halogens is 2. The highest BCUT2D eigenvalue weighted by molar-refractivity contribution is 6.32. The molecule has 0 unspecified atom stereocenters. The molecule has 32 heavy (non-hydrogen) atoms. The smallest absolute Gasteiger partial charge is 0.277 e. The molecule has 0 aliphatic rings. The van der Waals surface area contributed by atoms with E-state index in [0.717, 1.165) is 11.3 Å². The van der Waals surface area contributed by atoms with E-state index in [-0.39, 0.29) is 12.4 Å². The molecule has 0 aliphatic carbocycles. The summed E-state index contributed by atoms with van der Waals surface area (Å²) >= 11 is 6.01. The van der Waals surface area contributed by atoms with E-state index < -0.39 is 5.91 Å². The first-order chi connectivity index (χ1) is 15.6. The number of nitrogens with one attached hydrogen (secondary N) is 1. The van der Waals surface area contributed by atoms with Crippen LogP contribution in [0.3, 0.4) is 0 Å².